The van der Waals surface area contributed by atoms with Crippen molar-refractivity contribution < 1.29 is 18.9 Å². The van der Waals surface area contributed by atoms with E-state index in [4.69, 9.17) is 41.2 Å². The van der Waals surface area contributed by atoms with Gasteiger partial charge in [0.15, 0.2) is 16.8 Å². The molecule has 5 rings (SSSR count). The number of benzene rings is 4. The number of amidine groups is 2. The van der Waals surface area contributed by atoms with Crippen LogP contribution in [0.4, 0.5) is 22.7 Å². The first-order valence-corrected chi connectivity index (χ1v) is 12.8. The molecule has 1 saturated heterocycles. The first-order chi connectivity index (χ1) is 19.5. The average molecular weight is 553 g/mol. The molecule has 4 aromatic carbocycles. The van der Waals surface area contributed by atoms with Gasteiger partial charge in [-0.2, -0.15) is 0 Å². The molecule has 1 aliphatic rings. The molecule has 0 N–H and O–H groups in total. The van der Waals surface area contributed by atoms with Crippen LogP contribution in [0.2, 0.25) is 0 Å². The molecule has 9 heteroatoms. The topological polar surface area (TPSA) is 68.1 Å². The number of rotatable bonds is 8. The predicted molar refractivity (Wildman–Crippen MR) is 164 cm³/mol. The average Bonchev–Trinajstić information content (AvgIpc) is 3.27. The summed E-state index contributed by atoms with van der Waals surface area (Å²) in [7, 11) is 6.54. The summed E-state index contributed by atoms with van der Waals surface area (Å²) in [6.07, 6.45) is 0. The lowest BCUT2D eigenvalue weighted by molar-refractivity contribution is 0.414. The van der Waals surface area contributed by atoms with Gasteiger partial charge in [0.05, 0.1) is 51.2 Å². The molecule has 0 aromatic heterocycles. The molecule has 0 aliphatic carbocycles. The van der Waals surface area contributed by atoms with Gasteiger partial charge in [0.1, 0.15) is 23.0 Å². The lowest BCUT2D eigenvalue weighted by Crippen LogP contribution is -2.33. The second kappa shape index (κ2) is 11.9. The fourth-order valence-electron chi connectivity index (χ4n) is 4.17. The molecule has 1 heterocycles. The van der Waals surface area contributed by atoms with E-state index in [1.54, 1.807) is 28.4 Å². The number of nitrogens with zero attached hydrogens (tertiary/aromatic N) is 4. The molecule has 0 spiro atoms. The van der Waals surface area contributed by atoms with Crippen LogP contribution < -0.4 is 28.7 Å². The Morgan fingerprint density at radius 1 is 0.450 bits per heavy atom. The molecule has 0 radical (unpaired) electrons. The van der Waals surface area contributed by atoms with Crippen LogP contribution in [0.3, 0.4) is 0 Å². The second-order valence-corrected chi connectivity index (χ2v) is 8.98. The van der Waals surface area contributed by atoms with Crippen molar-refractivity contribution in [1.29, 1.82) is 0 Å². The molecule has 202 valence electrons. The molecule has 0 atom stereocenters. The van der Waals surface area contributed by atoms with Gasteiger partial charge in [0.2, 0.25) is 0 Å². The largest absolute Gasteiger partial charge is 0.497 e. The van der Waals surface area contributed by atoms with Crippen molar-refractivity contribution in [3.05, 3.63) is 97.1 Å². The van der Waals surface area contributed by atoms with Crippen LogP contribution >= 0.6 is 12.2 Å². The lowest BCUT2D eigenvalue weighted by atomic mass is 10.2. The van der Waals surface area contributed by atoms with Crippen LogP contribution in [-0.2, 0) is 0 Å². The maximum atomic E-state index is 6.10. The van der Waals surface area contributed by atoms with Gasteiger partial charge in [-0.25, -0.2) is 9.98 Å². The van der Waals surface area contributed by atoms with Crippen molar-refractivity contribution >= 4 is 51.8 Å². The number of thiocarbonyl (C=S) groups is 1. The highest BCUT2D eigenvalue weighted by molar-refractivity contribution is 7.81. The second-order valence-electron chi connectivity index (χ2n) is 8.62. The molecule has 4 aromatic rings. The molecule has 0 saturated carbocycles. The fraction of sp³-hybridized carbons (Fsp3) is 0.129. The minimum absolute atomic E-state index is 0.495. The highest BCUT2D eigenvalue weighted by atomic mass is 32.1. The van der Waals surface area contributed by atoms with Crippen molar-refractivity contribution in [3.8, 4) is 23.0 Å². The van der Waals surface area contributed by atoms with Crippen LogP contribution in [0.25, 0.3) is 0 Å². The molecule has 0 amide bonds. The number of aliphatic imine (C=N–C) groups is 2. The Morgan fingerprint density at radius 3 is 1.00 bits per heavy atom. The summed E-state index contributed by atoms with van der Waals surface area (Å²) >= 11 is 6.10. The van der Waals surface area contributed by atoms with Gasteiger partial charge >= 0.3 is 0 Å². The maximum absolute atomic E-state index is 6.10. The van der Waals surface area contributed by atoms with Crippen molar-refractivity contribution in [1.82, 2.24) is 0 Å². The highest BCUT2D eigenvalue weighted by Crippen LogP contribution is 2.33. The van der Waals surface area contributed by atoms with E-state index in [2.05, 4.69) is 0 Å². The number of hydrogen-bond donors (Lipinski definition) is 0. The van der Waals surface area contributed by atoms with E-state index in [0.29, 0.717) is 16.8 Å². The third-order valence-corrected chi connectivity index (χ3v) is 6.65. The Hall–Kier alpha value is -4.89. The lowest BCUT2D eigenvalue weighted by Gasteiger charge is -2.21. The first kappa shape index (κ1) is 26.7. The SMILES string of the molecule is COc1ccc(N=C2C(=Nc3ccc(OC)cc3)N(c3ccc(OC)cc3)C(=S)N2c2ccc(OC)cc2)cc1. The van der Waals surface area contributed by atoms with Gasteiger partial charge in [-0.1, -0.05) is 0 Å². The Kier molecular flexibility index (Phi) is 7.93. The summed E-state index contributed by atoms with van der Waals surface area (Å²) in [5, 5.41) is 0.495. The Labute approximate surface area is 238 Å². The summed E-state index contributed by atoms with van der Waals surface area (Å²) < 4.78 is 21.4. The third-order valence-electron chi connectivity index (χ3n) is 6.28. The number of hydrogen-bond acceptors (Lipinski definition) is 7. The van der Waals surface area contributed by atoms with E-state index in [-0.39, 0.29) is 0 Å². The van der Waals surface area contributed by atoms with Gasteiger partial charge in [-0.15, -0.1) is 0 Å². The highest BCUT2D eigenvalue weighted by Gasteiger charge is 2.40. The zero-order valence-electron chi connectivity index (χ0n) is 22.6. The normalized spacial score (nSPS) is 15.1. The van der Waals surface area contributed by atoms with Crippen molar-refractivity contribution in [2.24, 2.45) is 9.98 Å². The predicted octanol–water partition coefficient (Wildman–Crippen LogP) is 6.79. The monoisotopic (exact) mass is 552 g/mol. The molecule has 0 bridgehead atoms. The number of methoxy groups -OCH3 is 4. The standard InChI is InChI=1S/C31H28N4O4S/c1-36-25-13-5-21(6-14-25)32-29-30(33-22-7-15-26(37-2)16-8-22)35(24-11-19-28(39-4)20-12-24)31(40)34(29)23-9-17-27(38-3)18-10-23/h5-20H,1-4H3. The minimum Gasteiger partial charge on any atom is -0.497 e. The third kappa shape index (κ3) is 5.45. The Morgan fingerprint density at radius 2 is 0.725 bits per heavy atom. The van der Waals surface area contributed by atoms with Crippen LogP contribution in [0.1, 0.15) is 0 Å². The number of anilines is 2. The molecule has 1 aliphatic heterocycles. The van der Waals surface area contributed by atoms with Crippen molar-refractivity contribution in [2.45, 2.75) is 0 Å². The van der Waals surface area contributed by atoms with Gasteiger partial charge in [0, 0.05) is 0 Å². The summed E-state index contributed by atoms with van der Waals surface area (Å²) in [5.41, 5.74) is 3.07. The number of ether oxygens (including phenoxy) is 4. The molecule has 1 fully saturated rings. The maximum Gasteiger partial charge on any atom is 0.192 e. The zero-order chi connectivity index (χ0) is 28.1. The van der Waals surface area contributed by atoms with Crippen molar-refractivity contribution in [2.75, 3.05) is 38.2 Å². The van der Waals surface area contributed by atoms with E-state index in [0.717, 1.165) is 45.7 Å². The fourth-order valence-corrected chi connectivity index (χ4v) is 4.55. The first-order valence-electron chi connectivity index (χ1n) is 12.4. The van der Waals surface area contributed by atoms with Crippen LogP contribution in [0.5, 0.6) is 23.0 Å². The quantitative estimate of drug-likeness (QED) is 0.223. The summed E-state index contributed by atoms with van der Waals surface area (Å²) in [6, 6.07) is 30.4. The smallest absolute Gasteiger partial charge is 0.192 e. The van der Waals surface area contributed by atoms with Gasteiger partial charge in [-0.3, -0.25) is 9.80 Å². The Balaban J connectivity index is 1.71. The molecule has 40 heavy (non-hydrogen) atoms. The van der Waals surface area contributed by atoms with E-state index in [9.17, 15) is 0 Å². The van der Waals surface area contributed by atoms with E-state index in [1.807, 2.05) is 107 Å². The summed E-state index contributed by atoms with van der Waals surface area (Å²) in [4.78, 5) is 13.9. The van der Waals surface area contributed by atoms with Gasteiger partial charge in [-0.05, 0) is 109 Å². The van der Waals surface area contributed by atoms with E-state index in [1.165, 1.54) is 0 Å². The summed E-state index contributed by atoms with van der Waals surface area (Å²) in [5.74, 6) is 4.08. The van der Waals surface area contributed by atoms with Crippen LogP contribution in [0, 0.1) is 0 Å². The summed E-state index contributed by atoms with van der Waals surface area (Å²) in [6.45, 7) is 0. The van der Waals surface area contributed by atoms with Gasteiger partial charge < -0.3 is 18.9 Å². The van der Waals surface area contributed by atoms with E-state index >= 15 is 0 Å². The molecular weight excluding hydrogens is 524 g/mol. The van der Waals surface area contributed by atoms with Crippen LogP contribution in [0.15, 0.2) is 107 Å². The van der Waals surface area contributed by atoms with E-state index < -0.39 is 0 Å². The van der Waals surface area contributed by atoms with Crippen LogP contribution in [-0.4, -0.2) is 45.2 Å². The zero-order valence-corrected chi connectivity index (χ0v) is 23.4. The molecule has 8 nitrogen and oxygen atoms in total. The minimum atomic E-state index is 0.495. The Bertz CT molecular complexity index is 1420. The van der Waals surface area contributed by atoms with Crippen molar-refractivity contribution in [3.63, 3.8) is 0 Å². The van der Waals surface area contributed by atoms with Gasteiger partial charge in [0.25, 0.3) is 0 Å². The molecular formula is C31H28N4O4S. The molecule has 0 unspecified atom stereocenters.